The molecule has 1 atom stereocenters. The molecule has 19 heavy (non-hydrogen) atoms. The number of nitrogens with two attached hydrogens (primary N) is 1. The number of aliphatic hydroxyl groups excluding tert-OH is 1. The summed E-state index contributed by atoms with van der Waals surface area (Å²) in [5.41, 5.74) is 6.09. The molecule has 1 aliphatic rings. The van der Waals surface area contributed by atoms with Gasteiger partial charge in [0.1, 0.15) is 5.82 Å². The van der Waals surface area contributed by atoms with E-state index in [1.54, 1.807) is 6.07 Å². The molecule has 0 aliphatic carbocycles. The van der Waals surface area contributed by atoms with Crippen LogP contribution in [0.15, 0.2) is 24.3 Å². The summed E-state index contributed by atoms with van der Waals surface area (Å²) in [6.07, 6.45) is 0.276. The molecule has 0 amide bonds. The molecule has 2 rings (SSSR count). The molecule has 0 aromatic heterocycles. The first kappa shape index (κ1) is 14.2. The van der Waals surface area contributed by atoms with Crippen molar-refractivity contribution in [2.45, 2.75) is 12.5 Å². The number of β-amino-alcohol motifs (C(OH)–C–C–N with tert-alkyl or cyclic N) is 1. The van der Waals surface area contributed by atoms with Gasteiger partial charge in [-0.2, -0.15) is 0 Å². The second-order valence-electron chi connectivity index (χ2n) is 4.97. The van der Waals surface area contributed by atoms with Crippen LogP contribution >= 0.6 is 0 Å². The Bertz CT molecular complexity index is 394. The van der Waals surface area contributed by atoms with Gasteiger partial charge in [0.15, 0.2) is 0 Å². The molecule has 1 aromatic carbocycles. The first-order valence-corrected chi connectivity index (χ1v) is 6.80. The normalized spacial score (nSPS) is 18.6. The molecule has 3 N–H and O–H groups in total. The molecular weight excluding hydrogens is 245 g/mol. The Morgan fingerprint density at radius 1 is 1.21 bits per heavy atom. The number of hydrogen-bond donors (Lipinski definition) is 2. The maximum absolute atomic E-state index is 13.7. The lowest BCUT2D eigenvalue weighted by molar-refractivity contribution is 0.104. The summed E-state index contributed by atoms with van der Waals surface area (Å²) in [6, 6.07) is 6.87. The van der Waals surface area contributed by atoms with Gasteiger partial charge in [0.2, 0.25) is 0 Å². The van der Waals surface area contributed by atoms with E-state index in [2.05, 4.69) is 9.80 Å². The van der Waals surface area contributed by atoms with Crippen molar-refractivity contribution >= 4 is 5.69 Å². The number of para-hydroxylation sites is 1. The molecule has 1 unspecified atom stereocenters. The Hall–Kier alpha value is -1.17. The van der Waals surface area contributed by atoms with Crippen LogP contribution < -0.4 is 10.6 Å². The van der Waals surface area contributed by atoms with Crippen LogP contribution in [0.2, 0.25) is 0 Å². The van der Waals surface area contributed by atoms with Crippen LogP contribution in [-0.2, 0) is 0 Å². The molecule has 0 spiro atoms. The van der Waals surface area contributed by atoms with Gasteiger partial charge >= 0.3 is 0 Å². The van der Waals surface area contributed by atoms with E-state index in [0.717, 1.165) is 26.2 Å². The second kappa shape index (κ2) is 6.84. The molecule has 1 heterocycles. The van der Waals surface area contributed by atoms with E-state index in [9.17, 15) is 9.50 Å². The van der Waals surface area contributed by atoms with E-state index in [1.807, 2.05) is 12.1 Å². The van der Waals surface area contributed by atoms with Crippen LogP contribution in [-0.4, -0.2) is 55.4 Å². The van der Waals surface area contributed by atoms with Gasteiger partial charge in [-0.05, 0) is 25.1 Å². The van der Waals surface area contributed by atoms with Crippen molar-refractivity contribution in [3.63, 3.8) is 0 Å². The minimum atomic E-state index is -0.356. The van der Waals surface area contributed by atoms with E-state index < -0.39 is 0 Å². The van der Waals surface area contributed by atoms with E-state index in [1.165, 1.54) is 6.07 Å². The molecule has 0 saturated carbocycles. The van der Waals surface area contributed by atoms with E-state index in [0.29, 0.717) is 25.2 Å². The van der Waals surface area contributed by atoms with Crippen molar-refractivity contribution in [1.29, 1.82) is 0 Å². The van der Waals surface area contributed by atoms with Gasteiger partial charge in [0.05, 0.1) is 11.8 Å². The summed E-state index contributed by atoms with van der Waals surface area (Å²) in [4.78, 5) is 4.26. The lowest BCUT2D eigenvalue weighted by Crippen LogP contribution is -2.49. The molecule has 106 valence electrons. The van der Waals surface area contributed by atoms with Crippen molar-refractivity contribution in [3.8, 4) is 0 Å². The fourth-order valence-electron chi connectivity index (χ4n) is 2.46. The van der Waals surface area contributed by atoms with Gasteiger partial charge in [0, 0.05) is 32.7 Å². The van der Waals surface area contributed by atoms with Crippen molar-refractivity contribution in [2.75, 3.05) is 44.2 Å². The van der Waals surface area contributed by atoms with Crippen molar-refractivity contribution < 1.29 is 9.50 Å². The van der Waals surface area contributed by atoms with Gasteiger partial charge in [-0.15, -0.1) is 0 Å². The highest BCUT2D eigenvalue weighted by molar-refractivity contribution is 5.47. The first-order chi connectivity index (χ1) is 9.20. The zero-order valence-corrected chi connectivity index (χ0v) is 11.1. The number of hydrogen-bond acceptors (Lipinski definition) is 4. The molecule has 4 nitrogen and oxygen atoms in total. The van der Waals surface area contributed by atoms with Gasteiger partial charge < -0.3 is 15.7 Å². The summed E-state index contributed by atoms with van der Waals surface area (Å²) >= 11 is 0. The molecule has 5 heteroatoms. The Morgan fingerprint density at radius 2 is 1.89 bits per heavy atom. The standard InChI is InChI=1S/C14H22FN3O/c15-13-3-1-2-4-14(13)18-9-7-17(8-10-18)11-12(19)5-6-16/h1-4,12,19H,5-11,16H2. The minimum absolute atomic E-state index is 0.167. The molecule has 0 bridgehead atoms. The fraction of sp³-hybridized carbons (Fsp3) is 0.571. The number of anilines is 1. The Kier molecular flexibility index (Phi) is 5.13. The number of halogens is 1. The van der Waals surface area contributed by atoms with Crippen LogP contribution in [0.4, 0.5) is 10.1 Å². The van der Waals surface area contributed by atoms with E-state index in [4.69, 9.17) is 5.73 Å². The maximum atomic E-state index is 13.7. The molecule has 1 aromatic rings. The van der Waals surface area contributed by atoms with Crippen LogP contribution in [0.3, 0.4) is 0 Å². The monoisotopic (exact) mass is 267 g/mol. The maximum Gasteiger partial charge on any atom is 0.146 e. The molecule has 1 saturated heterocycles. The summed E-state index contributed by atoms with van der Waals surface area (Å²) in [5.74, 6) is -0.167. The van der Waals surface area contributed by atoms with E-state index in [-0.39, 0.29) is 11.9 Å². The van der Waals surface area contributed by atoms with E-state index >= 15 is 0 Å². The van der Waals surface area contributed by atoms with Crippen LogP contribution in [0, 0.1) is 5.82 Å². The van der Waals surface area contributed by atoms with Crippen molar-refractivity contribution in [1.82, 2.24) is 4.90 Å². The summed E-state index contributed by atoms with van der Waals surface area (Å²) in [5, 5.41) is 9.73. The van der Waals surface area contributed by atoms with Gasteiger partial charge in [-0.25, -0.2) is 4.39 Å². The van der Waals surface area contributed by atoms with Crippen LogP contribution in [0.25, 0.3) is 0 Å². The van der Waals surface area contributed by atoms with Gasteiger partial charge in [0.25, 0.3) is 0 Å². The predicted molar refractivity (Wildman–Crippen MR) is 74.7 cm³/mol. The Morgan fingerprint density at radius 3 is 2.53 bits per heavy atom. The summed E-state index contributed by atoms with van der Waals surface area (Å²) in [7, 11) is 0. The number of piperazine rings is 1. The predicted octanol–water partition coefficient (Wildman–Crippen LogP) is 0.657. The highest BCUT2D eigenvalue weighted by Crippen LogP contribution is 2.20. The summed E-state index contributed by atoms with van der Waals surface area (Å²) in [6.45, 7) is 4.43. The van der Waals surface area contributed by atoms with Crippen molar-refractivity contribution in [2.24, 2.45) is 5.73 Å². The first-order valence-electron chi connectivity index (χ1n) is 6.80. The third-order valence-corrected chi connectivity index (χ3v) is 3.53. The van der Waals surface area contributed by atoms with Crippen molar-refractivity contribution in [3.05, 3.63) is 30.1 Å². The second-order valence-corrected chi connectivity index (χ2v) is 4.97. The number of nitrogens with zero attached hydrogens (tertiary/aromatic N) is 2. The van der Waals surface area contributed by atoms with Crippen LogP contribution in [0.5, 0.6) is 0 Å². The summed E-state index contributed by atoms with van der Waals surface area (Å²) < 4.78 is 13.7. The molecule has 1 aliphatic heterocycles. The molecule has 0 radical (unpaired) electrons. The van der Waals surface area contributed by atoms with Crippen LogP contribution in [0.1, 0.15) is 6.42 Å². The lowest BCUT2D eigenvalue weighted by Gasteiger charge is -2.37. The minimum Gasteiger partial charge on any atom is -0.392 e. The zero-order valence-electron chi connectivity index (χ0n) is 11.1. The third-order valence-electron chi connectivity index (χ3n) is 3.53. The average molecular weight is 267 g/mol. The zero-order chi connectivity index (χ0) is 13.7. The Balaban J connectivity index is 1.84. The highest BCUT2D eigenvalue weighted by Gasteiger charge is 2.20. The van der Waals surface area contributed by atoms with Gasteiger partial charge in [-0.1, -0.05) is 12.1 Å². The smallest absolute Gasteiger partial charge is 0.146 e. The average Bonchev–Trinajstić information content (AvgIpc) is 2.41. The fourth-order valence-corrected chi connectivity index (χ4v) is 2.46. The Labute approximate surface area is 113 Å². The SMILES string of the molecule is NCCC(O)CN1CCN(c2ccccc2F)CC1. The lowest BCUT2D eigenvalue weighted by atomic mass is 10.2. The topological polar surface area (TPSA) is 52.7 Å². The number of aliphatic hydroxyl groups is 1. The number of benzene rings is 1. The molecular formula is C14H22FN3O. The number of rotatable bonds is 5. The quantitative estimate of drug-likeness (QED) is 0.823. The highest BCUT2D eigenvalue weighted by atomic mass is 19.1. The molecule has 1 fully saturated rings. The third kappa shape index (κ3) is 3.89. The largest absolute Gasteiger partial charge is 0.392 e. The van der Waals surface area contributed by atoms with Gasteiger partial charge in [-0.3, -0.25) is 4.90 Å².